The first-order valence-corrected chi connectivity index (χ1v) is 6.12. The Morgan fingerprint density at radius 1 is 1.35 bits per heavy atom. The lowest BCUT2D eigenvalue weighted by molar-refractivity contribution is -0.115. The Kier molecular flexibility index (Phi) is 4.57. The number of carbonyl (C=O) groups is 2. The summed E-state index contributed by atoms with van der Waals surface area (Å²) in [5.41, 5.74) is 7.85. The van der Waals surface area contributed by atoms with Crippen molar-refractivity contribution in [2.75, 3.05) is 5.32 Å². The van der Waals surface area contributed by atoms with Crippen LogP contribution in [0.4, 0.5) is 10.5 Å². The average Bonchev–Trinajstić information content (AvgIpc) is 2.22. The molecular weight excluding hydrogens is 236 g/mol. The van der Waals surface area contributed by atoms with Crippen molar-refractivity contribution in [3.8, 4) is 0 Å². The van der Waals surface area contributed by atoms with E-state index in [0.29, 0.717) is 0 Å². The van der Waals surface area contributed by atoms with Crippen LogP contribution in [0, 0.1) is 13.8 Å². The van der Waals surface area contributed by atoms with E-state index in [2.05, 4.69) is 5.32 Å². The molecule has 1 unspecified atom stereocenters. The third-order valence-corrected chi connectivity index (χ3v) is 3.11. The summed E-state index contributed by atoms with van der Waals surface area (Å²) in [7, 11) is 0. The van der Waals surface area contributed by atoms with Gasteiger partial charge < -0.3 is 11.1 Å². The van der Waals surface area contributed by atoms with Crippen molar-refractivity contribution in [2.45, 2.75) is 26.0 Å². The van der Waals surface area contributed by atoms with E-state index in [4.69, 9.17) is 5.73 Å². The van der Waals surface area contributed by atoms with Gasteiger partial charge in [-0.15, -0.1) is 0 Å². The molecule has 3 N–H and O–H groups in total. The number of nitrogens with one attached hydrogen (secondary N) is 1. The highest BCUT2D eigenvalue weighted by atomic mass is 32.2. The second-order valence-corrected chi connectivity index (χ2v) is 5.23. The lowest BCUT2D eigenvalue weighted by atomic mass is 10.1. The van der Waals surface area contributed by atoms with E-state index in [1.807, 2.05) is 32.0 Å². The third kappa shape index (κ3) is 4.11. The molecule has 1 aromatic rings. The molecule has 0 heterocycles. The van der Waals surface area contributed by atoms with Crippen molar-refractivity contribution in [3.05, 3.63) is 29.3 Å². The maximum absolute atomic E-state index is 11.8. The molecule has 0 saturated carbocycles. The van der Waals surface area contributed by atoms with E-state index in [-0.39, 0.29) is 5.91 Å². The number of nitrogens with two attached hydrogens (primary N) is 1. The maximum atomic E-state index is 11.8. The first kappa shape index (κ1) is 13.6. The molecule has 4 nitrogen and oxygen atoms in total. The van der Waals surface area contributed by atoms with Crippen LogP contribution in [0.1, 0.15) is 18.1 Å². The molecule has 5 heteroatoms. The normalized spacial score (nSPS) is 11.9. The third-order valence-electron chi connectivity index (χ3n) is 2.31. The summed E-state index contributed by atoms with van der Waals surface area (Å²) in [6.45, 7) is 5.52. The molecule has 17 heavy (non-hydrogen) atoms. The second kappa shape index (κ2) is 5.72. The Morgan fingerprint density at radius 3 is 2.59 bits per heavy atom. The monoisotopic (exact) mass is 252 g/mol. The van der Waals surface area contributed by atoms with Crippen molar-refractivity contribution in [3.63, 3.8) is 0 Å². The van der Waals surface area contributed by atoms with Gasteiger partial charge in [0.05, 0.1) is 5.25 Å². The van der Waals surface area contributed by atoms with Crippen LogP contribution in [0.25, 0.3) is 0 Å². The van der Waals surface area contributed by atoms with Gasteiger partial charge in [0.15, 0.2) is 0 Å². The smallest absolute Gasteiger partial charge is 0.277 e. The average molecular weight is 252 g/mol. The molecule has 0 spiro atoms. The van der Waals surface area contributed by atoms with Crippen LogP contribution < -0.4 is 11.1 Å². The van der Waals surface area contributed by atoms with Gasteiger partial charge in [0.25, 0.3) is 5.24 Å². The van der Waals surface area contributed by atoms with Gasteiger partial charge in [0, 0.05) is 5.69 Å². The van der Waals surface area contributed by atoms with Crippen LogP contribution in [0.5, 0.6) is 0 Å². The van der Waals surface area contributed by atoms with Crippen LogP contribution in [0.2, 0.25) is 0 Å². The van der Waals surface area contributed by atoms with Crippen LogP contribution in [0.3, 0.4) is 0 Å². The standard InChI is InChI=1S/C12H16N2O2S/c1-7-4-5-8(2)10(6-7)14-11(15)9(3)17-12(13)16/h4-6,9H,1-3H3,(H2,13,16)(H,14,15). The van der Waals surface area contributed by atoms with E-state index in [1.165, 1.54) is 0 Å². The van der Waals surface area contributed by atoms with Gasteiger partial charge in [0.1, 0.15) is 0 Å². The molecule has 92 valence electrons. The number of aryl methyl sites for hydroxylation is 2. The van der Waals surface area contributed by atoms with Crippen molar-refractivity contribution >= 4 is 28.6 Å². The predicted octanol–water partition coefficient (Wildman–Crippen LogP) is 2.44. The van der Waals surface area contributed by atoms with Crippen LogP contribution in [0.15, 0.2) is 18.2 Å². The first-order chi connectivity index (χ1) is 7.90. The van der Waals surface area contributed by atoms with E-state index in [1.54, 1.807) is 6.92 Å². The largest absolute Gasteiger partial charge is 0.360 e. The van der Waals surface area contributed by atoms with Gasteiger partial charge in [-0.1, -0.05) is 23.9 Å². The Morgan fingerprint density at radius 2 is 2.00 bits per heavy atom. The van der Waals surface area contributed by atoms with Gasteiger partial charge in [-0.3, -0.25) is 9.59 Å². The fraction of sp³-hybridized carbons (Fsp3) is 0.333. The molecule has 2 amide bonds. The summed E-state index contributed by atoms with van der Waals surface area (Å²) >= 11 is 0.819. The number of carbonyl (C=O) groups excluding carboxylic acids is 2. The highest BCUT2D eigenvalue weighted by molar-refractivity contribution is 8.14. The summed E-state index contributed by atoms with van der Waals surface area (Å²) in [6.07, 6.45) is 0. The highest BCUT2D eigenvalue weighted by Crippen LogP contribution is 2.18. The zero-order chi connectivity index (χ0) is 13.0. The molecule has 1 aromatic carbocycles. The SMILES string of the molecule is Cc1ccc(C)c(NC(=O)C(C)SC(N)=O)c1. The maximum Gasteiger partial charge on any atom is 0.277 e. The van der Waals surface area contributed by atoms with Crippen LogP contribution in [-0.4, -0.2) is 16.4 Å². The molecule has 1 rings (SSSR count). The molecule has 0 bridgehead atoms. The molecule has 0 aromatic heterocycles. The molecular formula is C12H16N2O2S. The molecule has 0 saturated heterocycles. The zero-order valence-corrected chi connectivity index (χ0v) is 10.9. The summed E-state index contributed by atoms with van der Waals surface area (Å²) in [4.78, 5) is 22.5. The number of anilines is 1. The first-order valence-electron chi connectivity index (χ1n) is 5.24. The topological polar surface area (TPSA) is 72.2 Å². The predicted molar refractivity (Wildman–Crippen MR) is 71.2 cm³/mol. The Bertz CT molecular complexity index is 446. The summed E-state index contributed by atoms with van der Waals surface area (Å²) in [6, 6.07) is 5.82. The number of hydrogen-bond acceptors (Lipinski definition) is 3. The van der Waals surface area contributed by atoms with E-state index >= 15 is 0 Å². The van der Waals surface area contributed by atoms with E-state index in [9.17, 15) is 9.59 Å². The van der Waals surface area contributed by atoms with Crippen molar-refractivity contribution < 1.29 is 9.59 Å². The van der Waals surface area contributed by atoms with Crippen molar-refractivity contribution in [1.29, 1.82) is 0 Å². The highest BCUT2D eigenvalue weighted by Gasteiger charge is 2.16. The van der Waals surface area contributed by atoms with Gasteiger partial charge in [-0.05, 0) is 38.0 Å². The minimum atomic E-state index is -0.548. The van der Waals surface area contributed by atoms with Crippen molar-refractivity contribution in [2.24, 2.45) is 5.73 Å². The van der Waals surface area contributed by atoms with E-state index in [0.717, 1.165) is 28.6 Å². The Balaban J connectivity index is 2.73. The summed E-state index contributed by atoms with van der Waals surface area (Å²) < 4.78 is 0. The number of hydrogen-bond donors (Lipinski definition) is 2. The minimum absolute atomic E-state index is 0.220. The number of benzene rings is 1. The van der Waals surface area contributed by atoms with Gasteiger partial charge in [-0.25, -0.2) is 0 Å². The molecule has 0 aliphatic rings. The summed E-state index contributed by atoms with van der Waals surface area (Å²) in [5, 5.41) is 1.75. The minimum Gasteiger partial charge on any atom is -0.360 e. The van der Waals surface area contributed by atoms with Gasteiger partial charge >= 0.3 is 0 Å². The molecule has 0 aliphatic carbocycles. The Hall–Kier alpha value is -1.49. The number of amides is 2. The Labute approximate surface area is 105 Å². The number of thioether (sulfide) groups is 1. The molecule has 0 radical (unpaired) electrons. The molecule has 1 atom stereocenters. The van der Waals surface area contributed by atoms with Gasteiger partial charge in [0.2, 0.25) is 5.91 Å². The zero-order valence-electron chi connectivity index (χ0n) is 10.1. The number of rotatable bonds is 3. The summed E-state index contributed by atoms with van der Waals surface area (Å²) in [5.74, 6) is -0.220. The fourth-order valence-corrected chi connectivity index (χ4v) is 1.85. The lowest BCUT2D eigenvalue weighted by Gasteiger charge is -2.12. The second-order valence-electron chi connectivity index (χ2n) is 3.89. The fourth-order valence-electron chi connectivity index (χ4n) is 1.33. The van der Waals surface area contributed by atoms with E-state index < -0.39 is 10.5 Å². The lowest BCUT2D eigenvalue weighted by Crippen LogP contribution is -2.25. The van der Waals surface area contributed by atoms with Crippen LogP contribution >= 0.6 is 11.8 Å². The van der Waals surface area contributed by atoms with Crippen molar-refractivity contribution in [1.82, 2.24) is 0 Å². The quantitative estimate of drug-likeness (QED) is 0.867. The molecule has 0 fully saturated rings. The molecule has 0 aliphatic heterocycles. The van der Waals surface area contributed by atoms with Crippen LogP contribution in [-0.2, 0) is 4.79 Å². The number of primary amides is 1. The van der Waals surface area contributed by atoms with Gasteiger partial charge in [-0.2, -0.15) is 0 Å².